The van der Waals surface area contributed by atoms with Crippen LogP contribution in [-0.4, -0.2) is 36.5 Å². The lowest BCUT2D eigenvalue weighted by molar-refractivity contribution is 0.0298. The summed E-state index contributed by atoms with van der Waals surface area (Å²) in [5, 5.41) is 14.7. The van der Waals surface area contributed by atoms with Crippen molar-refractivity contribution in [2.24, 2.45) is 5.41 Å². The smallest absolute Gasteiger partial charge is 0.315 e. The van der Waals surface area contributed by atoms with Crippen LogP contribution >= 0.6 is 0 Å². The molecule has 0 saturated carbocycles. The van der Waals surface area contributed by atoms with Crippen molar-refractivity contribution in [1.82, 2.24) is 15.5 Å². The Labute approximate surface area is 120 Å². The zero-order valence-corrected chi connectivity index (χ0v) is 12.7. The molecule has 0 bridgehead atoms. The van der Waals surface area contributed by atoms with Crippen LogP contribution in [0.5, 0.6) is 0 Å². The molecule has 1 aromatic heterocycles. The first kappa shape index (κ1) is 15.3. The molecule has 20 heavy (non-hydrogen) atoms. The minimum absolute atomic E-state index is 0.0941. The average molecular weight is 282 g/mol. The number of nitrogens with one attached hydrogen (secondary N) is 2. The van der Waals surface area contributed by atoms with Crippen molar-refractivity contribution in [3.63, 3.8) is 0 Å². The van der Waals surface area contributed by atoms with Gasteiger partial charge in [0.1, 0.15) is 0 Å². The SMILES string of the molecule is CCCNC(C)c1nnc(NCC2(C)CCOCC2)o1. The summed E-state index contributed by atoms with van der Waals surface area (Å²) in [6.45, 7) is 9.91. The Bertz CT molecular complexity index is 402. The second kappa shape index (κ2) is 7.04. The Hall–Kier alpha value is -1.14. The van der Waals surface area contributed by atoms with Gasteiger partial charge >= 0.3 is 6.01 Å². The summed E-state index contributed by atoms with van der Waals surface area (Å²) in [5.74, 6) is 0.637. The third-order valence-corrected chi connectivity index (χ3v) is 3.88. The summed E-state index contributed by atoms with van der Waals surface area (Å²) in [7, 11) is 0. The maximum Gasteiger partial charge on any atom is 0.315 e. The van der Waals surface area contributed by atoms with Crippen molar-refractivity contribution in [2.75, 3.05) is 31.6 Å². The van der Waals surface area contributed by atoms with Gasteiger partial charge < -0.3 is 19.8 Å². The van der Waals surface area contributed by atoms with Crippen LogP contribution in [0.3, 0.4) is 0 Å². The summed E-state index contributed by atoms with van der Waals surface area (Å²) >= 11 is 0. The summed E-state index contributed by atoms with van der Waals surface area (Å²) in [5.41, 5.74) is 0.249. The molecule has 0 amide bonds. The minimum atomic E-state index is 0.0941. The van der Waals surface area contributed by atoms with Gasteiger partial charge in [-0.05, 0) is 38.1 Å². The molecule has 1 unspecified atom stereocenters. The second-order valence-corrected chi connectivity index (χ2v) is 5.90. The fraction of sp³-hybridized carbons (Fsp3) is 0.857. The Kier molecular flexibility index (Phi) is 5.37. The van der Waals surface area contributed by atoms with Gasteiger partial charge in [-0.2, -0.15) is 0 Å². The van der Waals surface area contributed by atoms with E-state index in [9.17, 15) is 0 Å². The molecule has 1 saturated heterocycles. The predicted molar refractivity (Wildman–Crippen MR) is 77.7 cm³/mol. The van der Waals surface area contributed by atoms with E-state index in [1.807, 2.05) is 6.92 Å². The first-order valence-electron chi connectivity index (χ1n) is 7.51. The molecule has 0 aromatic carbocycles. The van der Waals surface area contributed by atoms with E-state index in [4.69, 9.17) is 9.15 Å². The topological polar surface area (TPSA) is 72.2 Å². The van der Waals surface area contributed by atoms with Gasteiger partial charge in [0.25, 0.3) is 0 Å². The highest BCUT2D eigenvalue weighted by Crippen LogP contribution is 2.29. The first-order chi connectivity index (χ1) is 9.63. The van der Waals surface area contributed by atoms with Gasteiger partial charge in [0, 0.05) is 19.8 Å². The van der Waals surface area contributed by atoms with Gasteiger partial charge in [-0.1, -0.05) is 18.9 Å². The molecule has 6 heteroatoms. The molecule has 1 fully saturated rings. The lowest BCUT2D eigenvalue weighted by Crippen LogP contribution is -2.33. The number of hydrogen-bond acceptors (Lipinski definition) is 6. The van der Waals surface area contributed by atoms with E-state index in [0.29, 0.717) is 11.9 Å². The number of aromatic nitrogens is 2. The molecule has 6 nitrogen and oxygen atoms in total. The minimum Gasteiger partial charge on any atom is -0.406 e. The summed E-state index contributed by atoms with van der Waals surface area (Å²) in [6, 6.07) is 0.606. The number of hydrogen-bond donors (Lipinski definition) is 2. The zero-order valence-electron chi connectivity index (χ0n) is 12.7. The van der Waals surface area contributed by atoms with E-state index in [1.165, 1.54) is 0 Å². The van der Waals surface area contributed by atoms with E-state index in [-0.39, 0.29) is 11.5 Å². The number of ether oxygens (including phenoxy) is 1. The molecule has 2 rings (SSSR count). The first-order valence-corrected chi connectivity index (χ1v) is 7.51. The zero-order chi connectivity index (χ0) is 14.4. The molecular formula is C14H26N4O2. The summed E-state index contributed by atoms with van der Waals surface area (Å²) in [4.78, 5) is 0. The Balaban J connectivity index is 1.83. The predicted octanol–water partition coefficient (Wildman–Crippen LogP) is 2.36. The van der Waals surface area contributed by atoms with Crippen LogP contribution in [0.1, 0.15) is 52.0 Å². The molecule has 1 aliphatic heterocycles. The van der Waals surface area contributed by atoms with Crippen molar-refractivity contribution >= 4 is 6.01 Å². The Morgan fingerprint density at radius 1 is 1.30 bits per heavy atom. The third kappa shape index (κ3) is 4.18. The van der Waals surface area contributed by atoms with E-state index in [0.717, 1.165) is 45.6 Å². The van der Waals surface area contributed by atoms with Crippen molar-refractivity contribution < 1.29 is 9.15 Å². The Morgan fingerprint density at radius 2 is 2.05 bits per heavy atom. The quantitative estimate of drug-likeness (QED) is 0.800. The van der Waals surface area contributed by atoms with Gasteiger partial charge in [-0.15, -0.1) is 5.10 Å². The van der Waals surface area contributed by atoms with Crippen LogP contribution in [0, 0.1) is 5.41 Å². The molecule has 0 aliphatic carbocycles. The fourth-order valence-electron chi connectivity index (χ4n) is 2.26. The van der Waals surface area contributed by atoms with Gasteiger partial charge in [0.05, 0.1) is 6.04 Å². The van der Waals surface area contributed by atoms with Gasteiger partial charge in [-0.3, -0.25) is 0 Å². The van der Waals surface area contributed by atoms with Crippen molar-refractivity contribution in [1.29, 1.82) is 0 Å². The lowest BCUT2D eigenvalue weighted by Gasteiger charge is -2.33. The highest BCUT2D eigenvalue weighted by atomic mass is 16.5. The lowest BCUT2D eigenvalue weighted by atomic mass is 9.82. The van der Waals surface area contributed by atoms with Crippen LogP contribution in [0.4, 0.5) is 6.01 Å². The number of anilines is 1. The van der Waals surface area contributed by atoms with Crippen LogP contribution in [-0.2, 0) is 4.74 Å². The molecule has 1 aromatic rings. The summed E-state index contributed by atoms with van der Waals surface area (Å²) < 4.78 is 11.1. The normalized spacial score (nSPS) is 19.8. The van der Waals surface area contributed by atoms with Crippen molar-refractivity contribution in [3.8, 4) is 0 Å². The highest BCUT2D eigenvalue weighted by Gasteiger charge is 2.27. The number of nitrogens with zero attached hydrogens (tertiary/aromatic N) is 2. The maximum absolute atomic E-state index is 5.65. The van der Waals surface area contributed by atoms with Crippen LogP contribution in [0.25, 0.3) is 0 Å². The van der Waals surface area contributed by atoms with Crippen molar-refractivity contribution in [3.05, 3.63) is 5.89 Å². The van der Waals surface area contributed by atoms with E-state index < -0.39 is 0 Å². The van der Waals surface area contributed by atoms with Crippen LogP contribution < -0.4 is 10.6 Å². The van der Waals surface area contributed by atoms with E-state index in [2.05, 4.69) is 34.7 Å². The van der Waals surface area contributed by atoms with E-state index in [1.54, 1.807) is 0 Å². The van der Waals surface area contributed by atoms with Crippen LogP contribution in [0.2, 0.25) is 0 Å². The Morgan fingerprint density at radius 3 is 2.75 bits per heavy atom. The second-order valence-electron chi connectivity index (χ2n) is 5.90. The maximum atomic E-state index is 5.65. The monoisotopic (exact) mass is 282 g/mol. The molecule has 0 radical (unpaired) electrons. The summed E-state index contributed by atoms with van der Waals surface area (Å²) in [6.07, 6.45) is 3.22. The van der Waals surface area contributed by atoms with Crippen LogP contribution in [0.15, 0.2) is 4.42 Å². The van der Waals surface area contributed by atoms with E-state index >= 15 is 0 Å². The van der Waals surface area contributed by atoms with Crippen molar-refractivity contribution in [2.45, 2.75) is 46.1 Å². The molecule has 0 spiro atoms. The molecule has 2 heterocycles. The number of rotatable bonds is 7. The van der Waals surface area contributed by atoms with Gasteiger partial charge in [0.15, 0.2) is 0 Å². The standard InChI is InChI=1S/C14H26N4O2/c1-4-7-15-11(2)12-17-18-13(20-12)16-10-14(3)5-8-19-9-6-14/h11,15H,4-10H2,1-3H3,(H,16,18). The average Bonchev–Trinajstić information content (AvgIpc) is 2.92. The highest BCUT2D eigenvalue weighted by molar-refractivity contribution is 5.18. The van der Waals surface area contributed by atoms with Gasteiger partial charge in [0.2, 0.25) is 5.89 Å². The fourth-order valence-corrected chi connectivity index (χ4v) is 2.26. The molecule has 1 atom stereocenters. The van der Waals surface area contributed by atoms with Gasteiger partial charge in [-0.25, -0.2) is 0 Å². The molecule has 1 aliphatic rings. The third-order valence-electron chi connectivity index (χ3n) is 3.88. The molecule has 2 N–H and O–H groups in total. The molecule has 114 valence electrons. The molecular weight excluding hydrogens is 256 g/mol. The largest absolute Gasteiger partial charge is 0.406 e.